The molecule has 196 valence electrons. The fourth-order valence-electron chi connectivity index (χ4n) is 3.36. The summed E-state index contributed by atoms with van der Waals surface area (Å²) in [6, 6.07) is 19.4. The molecule has 2 aromatic rings. The average Bonchev–Trinajstić information content (AvgIpc) is 2.88. The molecule has 0 bridgehead atoms. The van der Waals surface area contributed by atoms with Crippen molar-refractivity contribution in [2.75, 3.05) is 43.1 Å². The molecule has 0 fully saturated rings. The second-order valence-corrected chi connectivity index (χ2v) is 7.70. The minimum Gasteiger partial charge on any atom is -0.478 e. The summed E-state index contributed by atoms with van der Waals surface area (Å²) in [5, 5.41) is 18.6. The zero-order valence-electron chi connectivity index (χ0n) is 21.2. The Hall–Kier alpha value is -3.69. The van der Waals surface area contributed by atoms with Crippen LogP contribution in [0.1, 0.15) is 27.2 Å². The molecule has 1 atom stereocenters. The Balaban J connectivity index is 0.000000697. The van der Waals surface area contributed by atoms with Crippen LogP contribution in [0, 0.1) is 0 Å². The lowest BCUT2D eigenvalue weighted by Crippen LogP contribution is -2.49. The van der Waals surface area contributed by atoms with Crippen molar-refractivity contribution in [1.82, 2.24) is 4.90 Å². The van der Waals surface area contributed by atoms with Gasteiger partial charge in [0.1, 0.15) is 0 Å². The lowest BCUT2D eigenvalue weighted by atomic mass is 10.2. The molecule has 0 aliphatic heterocycles. The number of ether oxygens (including phenoxy) is 1. The molecule has 0 aliphatic carbocycles. The van der Waals surface area contributed by atoms with Gasteiger partial charge in [-0.2, -0.15) is 0 Å². The number of nitrogens with zero attached hydrogens (tertiary/aromatic N) is 2. The monoisotopic (exact) mass is 499 g/mol. The number of carbonyl (C=O) groups excluding carboxylic acids is 1. The van der Waals surface area contributed by atoms with Crippen molar-refractivity contribution in [3.05, 3.63) is 72.8 Å². The van der Waals surface area contributed by atoms with Crippen molar-refractivity contribution in [3.63, 3.8) is 0 Å². The van der Waals surface area contributed by atoms with Crippen molar-refractivity contribution < 1.29 is 29.3 Å². The van der Waals surface area contributed by atoms with Crippen molar-refractivity contribution in [3.8, 4) is 0 Å². The maximum Gasteiger partial charge on any atom is 0.328 e. The minimum absolute atomic E-state index is 0.128. The van der Waals surface area contributed by atoms with E-state index in [0.29, 0.717) is 25.3 Å². The van der Waals surface area contributed by atoms with Gasteiger partial charge in [0.25, 0.3) is 0 Å². The Morgan fingerprint density at radius 2 is 1.42 bits per heavy atom. The van der Waals surface area contributed by atoms with Gasteiger partial charge in [-0.25, -0.2) is 14.4 Å². The summed E-state index contributed by atoms with van der Waals surface area (Å²) >= 11 is 0. The molecular weight excluding hydrogens is 462 g/mol. The molecule has 0 radical (unpaired) electrons. The number of anilines is 2. The smallest absolute Gasteiger partial charge is 0.328 e. The molecule has 3 N–H and O–H groups in total. The number of urea groups is 1. The van der Waals surface area contributed by atoms with E-state index in [1.165, 1.54) is 0 Å². The van der Waals surface area contributed by atoms with Crippen LogP contribution in [-0.2, 0) is 14.3 Å². The SMILES string of the molecule is CCCOCC(CN(C(=O)Nc1ccccc1)c1ccccc1)N(CC)CC.O=C(O)/C=C/C(=O)O. The first-order valence-electron chi connectivity index (χ1n) is 12.0. The number of aliphatic carboxylic acids is 2. The maximum absolute atomic E-state index is 13.1. The van der Waals surface area contributed by atoms with Gasteiger partial charge in [-0.1, -0.05) is 57.2 Å². The lowest BCUT2D eigenvalue weighted by Gasteiger charge is -2.34. The summed E-state index contributed by atoms with van der Waals surface area (Å²) in [4.78, 5) is 36.4. The lowest BCUT2D eigenvalue weighted by molar-refractivity contribution is -0.134. The summed E-state index contributed by atoms with van der Waals surface area (Å²) in [5.74, 6) is -2.51. The topological polar surface area (TPSA) is 119 Å². The van der Waals surface area contributed by atoms with Crippen LogP contribution in [0.3, 0.4) is 0 Å². The number of carbonyl (C=O) groups is 3. The van der Waals surface area contributed by atoms with Crippen LogP contribution in [0.4, 0.5) is 16.2 Å². The number of likely N-dealkylation sites (N-methyl/N-ethyl adjacent to an activating group) is 1. The quantitative estimate of drug-likeness (QED) is 0.273. The van der Waals surface area contributed by atoms with Crippen LogP contribution >= 0.6 is 0 Å². The number of benzene rings is 2. The molecule has 0 spiro atoms. The number of amides is 2. The Labute approximate surface area is 213 Å². The molecule has 2 amide bonds. The van der Waals surface area contributed by atoms with Gasteiger partial charge in [0, 0.05) is 36.7 Å². The summed E-state index contributed by atoms with van der Waals surface area (Å²) in [6.07, 6.45) is 2.10. The molecule has 0 heterocycles. The molecular formula is C27H37N3O6. The summed E-state index contributed by atoms with van der Waals surface area (Å²) < 4.78 is 5.86. The van der Waals surface area contributed by atoms with E-state index in [4.69, 9.17) is 14.9 Å². The minimum atomic E-state index is -1.26. The molecule has 2 rings (SSSR count). The van der Waals surface area contributed by atoms with Crippen LogP contribution in [-0.4, -0.2) is 72.0 Å². The van der Waals surface area contributed by atoms with Gasteiger partial charge in [0.15, 0.2) is 0 Å². The van der Waals surface area contributed by atoms with E-state index in [1.54, 1.807) is 0 Å². The van der Waals surface area contributed by atoms with Gasteiger partial charge in [-0.05, 0) is 43.8 Å². The fourth-order valence-corrected chi connectivity index (χ4v) is 3.36. The third-order valence-electron chi connectivity index (χ3n) is 5.09. The Morgan fingerprint density at radius 3 is 1.89 bits per heavy atom. The van der Waals surface area contributed by atoms with Crippen LogP contribution in [0.2, 0.25) is 0 Å². The molecule has 0 saturated heterocycles. The number of carboxylic acid groups (broad SMARTS) is 2. The first-order valence-corrected chi connectivity index (χ1v) is 12.0. The first kappa shape index (κ1) is 30.3. The van der Waals surface area contributed by atoms with Crippen LogP contribution in [0.5, 0.6) is 0 Å². The van der Waals surface area contributed by atoms with E-state index in [1.807, 2.05) is 65.6 Å². The highest BCUT2D eigenvalue weighted by atomic mass is 16.5. The van der Waals surface area contributed by atoms with E-state index < -0.39 is 11.9 Å². The average molecular weight is 500 g/mol. The molecule has 1 unspecified atom stereocenters. The van der Waals surface area contributed by atoms with Crippen LogP contribution < -0.4 is 10.2 Å². The van der Waals surface area contributed by atoms with Crippen LogP contribution in [0.25, 0.3) is 0 Å². The third kappa shape index (κ3) is 12.1. The van der Waals surface area contributed by atoms with Gasteiger partial charge in [-0.3, -0.25) is 9.80 Å². The highest BCUT2D eigenvalue weighted by molar-refractivity contribution is 6.01. The molecule has 9 heteroatoms. The number of nitrogens with one attached hydrogen (secondary N) is 1. The summed E-state index contributed by atoms with van der Waals surface area (Å²) in [5.41, 5.74) is 1.67. The van der Waals surface area contributed by atoms with E-state index >= 15 is 0 Å². The van der Waals surface area contributed by atoms with Gasteiger partial charge in [-0.15, -0.1) is 0 Å². The maximum atomic E-state index is 13.1. The molecule has 2 aromatic carbocycles. The van der Waals surface area contributed by atoms with Crippen molar-refractivity contribution >= 4 is 29.3 Å². The van der Waals surface area contributed by atoms with Gasteiger partial charge >= 0.3 is 18.0 Å². The largest absolute Gasteiger partial charge is 0.478 e. The fraction of sp³-hybridized carbons (Fsp3) is 0.370. The second kappa shape index (κ2) is 17.7. The first-order chi connectivity index (χ1) is 17.3. The highest BCUT2D eigenvalue weighted by Crippen LogP contribution is 2.18. The van der Waals surface area contributed by atoms with E-state index in [2.05, 4.69) is 31.0 Å². The Morgan fingerprint density at radius 1 is 0.889 bits per heavy atom. The predicted octanol–water partition coefficient (Wildman–Crippen LogP) is 4.57. The summed E-state index contributed by atoms with van der Waals surface area (Å²) in [6.45, 7) is 10.1. The van der Waals surface area contributed by atoms with Gasteiger partial charge < -0.3 is 20.3 Å². The predicted molar refractivity (Wildman–Crippen MR) is 141 cm³/mol. The number of hydrogen-bond acceptors (Lipinski definition) is 5. The third-order valence-corrected chi connectivity index (χ3v) is 5.09. The van der Waals surface area contributed by atoms with E-state index in [-0.39, 0.29) is 12.1 Å². The molecule has 0 saturated carbocycles. The normalized spacial score (nSPS) is 11.4. The molecule has 9 nitrogen and oxygen atoms in total. The number of hydrogen-bond donors (Lipinski definition) is 3. The molecule has 36 heavy (non-hydrogen) atoms. The number of rotatable bonds is 13. The standard InChI is InChI=1S/C23H33N3O2.C4H4O4/c1-4-17-28-19-22(25(5-2)6-3)18-26(21-15-11-8-12-16-21)23(27)24-20-13-9-7-10-14-20;5-3(6)1-2-4(7)8/h7-16,22H,4-6,17-19H2,1-3H3,(H,24,27);1-2H,(H,5,6)(H,7,8)/b;2-1+. The van der Waals surface area contributed by atoms with Crippen LogP contribution in [0.15, 0.2) is 72.8 Å². The van der Waals surface area contributed by atoms with Gasteiger partial charge in [0.2, 0.25) is 0 Å². The Kier molecular flexibility index (Phi) is 14.9. The molecule has 0 aliphatic rings. The summed E-state index contributed by atoms with van der Waals surface area (Å²) in [7, 11) is 0. The highest BCUT2D eigenvalue weighted by Gasteiger charge is 2.24. The van der Waals surface area contributed by atoms with E-state index in [0.717, 1.165) is 37.5 Å². The van der Waals surface area contributed by atoms with E-state index in [9.17, 15) is 14.4 Å². The zero-order valence-corrected chi connectivity index (χ0v) is 21.2. The number of carboxylic acids is 2. The van der Waals surface area contributed by atoms with Gasteiger partial charge in [0.05, 0.1) is 12.6 Å². The number of para-hydroxylation sites is 2. The Bertz CT molecular complexity index is 917. The van der Waals surface area contributed by atoms with Crippen molar-refractivity contribution in [2.45, 2.75) is 33.2 Å². The zero-order chi connectivity index (χ0) is 26.8. The van der Waals surface area contributed by atoms with Crippen molar-refractivity contribution in [1.29, 1.82) is 0 Å². The van der Waals surface area contributed by atoms with Crippen molar-refractivity contribution in [2.24, 2.45) is 0 Å². The molecule has 0 aromatic heterocycles. The second-order valence-electron chi connectivity index (χ2n) is 7.70.